The van der Waals surface area contributed by atoms with Gasteiger partial charge in [-0.1, -0.05) is 83.9 Å². The Hall–Kier alpha value is -4.08. The molecule has 14 heteroatoms. The number of nitrogens with one attached hydrogen (secondary N) is 1. The van der Waals surface area contributed by atoms with E-state index >= 15 is 0 Å². The molecule has 1 saturated heterocycles. The number of carbonyl (C=O) groups excluding carboxylic acids is 4. The molecule has 3 aliphatic rings. The van der Waals surface area contributed by atoms with Gasteiger partial charge in [0, 0.05) is 62.2 Å². The second-order valence-corrected chi connectivity index (χ2v) is 16.5. The molecule has 58 heavy (non-hydrogen) atoms. The predicted molar refractivity (Wildman–Crippen MR) is 215 cm³/mol. The van der Waals surface area contributed by atoms with Crippen molar-refractivity contribution in [1.82, 2.24) is 5.32 Å². The zero-order valence-corrected chi connectivity index (χ0v) is 35.8. The van der Waals surface area contributed by atoms with E-state index in [4.69, 9.17) is 23.7 Å². The van der Waals surface area contributed by atoms with Crippen LogP contribution in [0.2, 0.25) is 0 Å². The van der Waals surface area contributed by atoms with Gasteiger partial charge in [0.25, 0.3) is 0 Å². The fourth-order valence-corrected chi connectivity index (χ4v) is 7.95. The molecule has 1 fully saturated rings. The number of hydrogen-bond donors (Lipinski definition) is 5. The van der Waals surface area contributed by atoms with Gasteiger partial charge in [-0.15, -0.1) is 0 Å². The molecule has 0 bridgehead atoms. The van der Waals surface area contributed by atoms with Gasteiger partial charge in [-0.05, 0) is 38.2 Å². The Morgan fingerprint density at radius 2 is 1.71 bits per heavy atom. The summed E-state index contributed by atoms with van der Waals surface area (Å²) in [7, 11) is 2.79. The van der Waals surface area contributed by atoms with Crippen LogP contribution in [0.5, 0.6) is 0 Å². The lowest BCUT2D eigenvalue weighted by molar-refractivity contribution is -0.329. The molecule has 12 atom stereocenters. The van der Waals surface area contributed by atoms with E-state index in [-0.39, 0.29) is 54.2 Å². The number of ether oxygens (including phenoxy) is 5. The molecular formula is C44H65NO13. The zero-order chi connectivity index (χ0) is 43.6. The van der Waals surface area contributed by atoms with Gasteiger partial charge in [0.2, 0.25) is 11.7 Å². The maximum atomic E-state index is 13.7. The number of cyclic esters (lactones) is 1. The first-order chi connectivity index (χ1) is 27.1. The molecule has 1 aliphatic carbocycles. The number of rotatable bonds is 11. The molecular weight excluding hydrogens is 750 g/mol. The van der Waals surface area contributed by atoms with Crippen LogP contribution in [0.25, 0.3) is 0 Å². The van der Waals surface area contributed by atoms with Gasteiger partial charge >= 0.3 is 11.9 Å². The van der Waals surface area contributed by atoms with Gasteiger partial charge in [0.05, 0.1) is 25.4 Å². The molecule has 2 aliphatic heterocycles. The van der Waals surface area contributed by atoms with Crippen LogP contribution >= 0.6 is 0 Å². The standard InChI is InChI=1S/C44H65NO13/c1-23(2)41-28(7)35(56-37(49)18-17-36(48)45-38-31(46)15-16-32(38)47)22-44(53,58-41)30(9)40(51)29(8)42-33(54-10)14-12-13-24(3)19-26(5)39(50)27(6)20-25(4)21-34(55-11)43(52)57-42/h12-14,17-18,20-21,23,26-30,33,35,39-42,46,50-51,53H,15-16,19,22H2,1-11H3,(H,45,48)/b14-12-,18-17+,24-13-,25-20-,34-21+/t26-,27+,28-,29-,30-,33-,35+,39-,40+,41+,42?,44+/m0/s1. The summed E-state index contributed by atoms with van der Waals surface area (Å²) >= 11 is 0. The van der Waals surface area contributed by atoms with Crippen molar-refractivity contribution in [2.45, 2.75) is 130 Å². The van der Waals surface area contributed by atoms with E-state index < -0.39 is 83.8 Å². The Bertz CT molecular complexity index is 1670. The van der Waals surface area contributed by atoms with Gasteiger partial charge in [-0.2, -0.15) is 0 Å². The SMILES string of the molecule is CO/C1=C/C(C)=C\[C@@H](C)[C@@H](O)[C@@H](C)C/C(C)=C\C=C/[C@H](OC)C([C@@H](C)[C@@H](O)[C@H](C)[C@@]2(O)C[C@@H](OC(=O)/C=C/C(=O)NC3=C(O)CCC3=O)[C@H](C)[C@@H](C(C)C)O2)OC1=O. The third kappa shape index (κ3) is 12.5. The number of aliphatic hydroxyl groups is 4. The molecule has 14 nitrogen and oxygen atoms in total. The van der Waals surface area contributed by atoms with Crippen molar-refractivity contribution in [3.63, 3.8) is 0 Å². The average Bonchev–Trinajstić information content (AvgIpc) is 3.48. The fourth-order valence-electron chi connectivity index (χ4n) is 7.95. The van der Waals surface area contributed by atoms with Gasteiger partial charge < -0.3 is 49.4 Å². The van der Waals surface area contributed by atoms with Crippen molar-refractivity contribution in [1.29, 1.82) is 0 Å². The number of allylic oxidation sites excluding steroid dienone is 7. The summed E-state index contributed by atoms with van der Waals surface area (Å²) in [4.78, 5) is 51.1. The molecule has 0 aromatic rings. The number of esters is 2. The van der Waals surface area contributed by atoms with Gasteiger partial charge in [-0.25, -0.2) is 9.59 Å². The first-order valence-corrected chi connectivity index (χ1v) is 20.1. The Kier molecular flexibility index (Phi) is 17.7. The smallest absolute Gasteiger partial charge is 0.373 e. The van der Waals surface area contributed by atoms with Crippen molar-refractivity contribution in [2.75, 3.05) is 14.2 Å². The topological polar surface area (TPSA) is 207 Å². The van der Waals surface area contributed by atoms with E-state index in [1.165, 1.54) is 20.3 Å². The van der Waals surface area contributed by atoms with E-state index in [1.54, 1.807) is 32.9 Å². The third-order valence-corrected chi connectivity index (χ3v) is 11.5. The van der Waals surface area contributed by atoms with Crippen LogP contribution in [-0.4, -0.2) is 101 Å². The predicted octanol–water partition coefficient (Wildman–Crippen LogP) is 5.05. The number of Topliss-reactive ketones (excluding diaryl/α,β-unsaturated/α-hetero) is 1. The highest BCUT2D eigenvalue weighted by molar-refractivity contribution is 6.04. The summed E-state index contributed by atoms with van der Waals surface area (Å²) in [6, 6.07) is 0. The second kappa shape index (κ2) is 21.3. The van der Waals surface area contributed by atoms with Crippen LogP contribution in [0.4, 0.5) is 0 Å². The maximum Gasteiger partial charge on any atom is 0.373 e. The molecule has 0 spiro atoms. The second-order valence-electron chi connectivity index (χ2n) is 16.5. The molecule has 324 valence electrons. The van der Waals surface area contributed by atoms with Crippen LogP contribution in [0.3, 0.4) is 0 Å². The first kappa shape index (κ1) is 48.3. The Labute approximate surface area is 342 Å². The Morgan fingerprint density at radius 1 is 1.03 bits per heavy atom. The number of amides is 1. The van der Waals surface area contributed by atoms with Gasteiger partial charge in [0.1, 0.15) is 29.8 Å². The lowest BCUT2D eigenvalue weighted by atomic mass is 9.76. The summed E-state index contributed by atoms with van der Waals surface area (Å²) in [6.45, 7) is 16.5. The van der Waals surface area contributed by atoms with Gasteiger partial charge in [0.15, 0.2) is 11.6 Å². The van der Waals surface area contributed by atoms with Crippen molar-refractivity contribution in [3.8, 4) is 0 Å². The molecule has 0 aromatic heterocycles. The summed E-state index contributed by atoms with van der Waals surface area (Å²) in [5, 5.41) is 47.4. The molecule has 0 saturated carbocycles. The highest BCUT2D eigenvalue weighted by Crippen LogP contribution is 2.42. The Balaban J connectivity index is 1.92. The van der Waals surface area contributed by atoms with Crippen LogP contribution in [-0.2, 0) is 42.9 Å². The van der Waals surface area contributed by atoms with Crippen LogP contribution in [0, 0.1) is 35.5 Å². The molecule has 0 aromatic carbocycles. The molecule has 3 rings (SSSR count). The normalized spacial score (nSPS) is 35.5. The van der Waals surface area contributed by atoms with Crippen molar-refractivity contribution in [3.05, 3.63) is 70.9 Å². The quantitative estimate of drug-likeness (QED) is 0.137. The summed E-state index contributed by atoms with van der Waals surface area (Å²) in [6.07, 6.45) is 5.61. The van der Waals surface area contributed by atoms with Crippen LogP contribution < -0.4 is 5.32 Å². The fraction of sp³-hybridized carbons (Fsp3) is 0.636. The molecule has 1 unspecified atom stereocenters. The maximum absolute atomic E-state index is 13.7. The monoisotopic (exact) mass is 815 g/mol. The minimum absolute atomic E-state index is 0.0594. The van der Waals surface area contributed by atoms with E-state index in [0.29, 0.717) is 12.0 Å². The zero-order valence-electron chi connectivity index (χ0n) is 35.8. The molecule has 5 N–H and O–H groups in total. The van der Waals surface area contributed by atoms with Crippen molar-refractivity contribution < 1.29 is 63.3 Å². The minimum Gasteiger partial charge on any atom is -0.510 e. The highest BCUT2D eigenvalue weighted by atomic mass is 16.6. The summed E-state index contributed by atoms with van der Waals surface area (Å²) < 4.78 is 29.5. The van der Waals surface area contributed by atoms with Gasteiger partial charge in [-0.3, -0.25) is 9.59 Å². The number of aliphatic hydroxyl groups excluding tert-OH is 3. The van der Waals surface area contributed by atoms with E-state index in [0.717, 1.165) is 17.7 Å². The molecule has 0 radical (unpaired) electrons. The first-order valence-electron chi connectivity index (χ1n) is 20.1. The Morgan fingerprint density at radius 3 is 2.29 bits per heavy atom. The van der Waals surface area contributed by atoms with Crippen LogP contribution in [0.1, 0.15) is 88.0 Å². The lowest BCUT2D eigenvalue weighted by Gasteiger charge is -2.50. The highest BCUT2D eigenvalue weighted by Gasteiger charge is 2.53. The molecule has 1 amide bonds. The van der Waals surface area contributed by atoms with Crippen LogP contribution in [0.15, 0.2) is 70.9 Å². The van der Waals surface area contributed by atoms with Crippen molar-refractivity contribution >= 4 is 23.6 Å². The van der Waals surface area contributed by atoms with E-state index in [1.807, 2.05) is 53.7 Å². The van der Waals surface area contributed by atoms with E-state index in [2.05, 4.69) is 5.32 Å². The minimum atomic E-state index is -2.04. The summed E-state index contributed by atoms with van der Waals surface area (Å²) in [5.74, 6) is -8.07. The number of hydrogen-bond acceptors (Lipinski definition) is 13. The molecule has 2 heterocycles. The number of carbonyl (C=O) groups is 4. The van der Waals surface area contributed by atoms with E-state index in [9.17, 15) is 39.6 Å². The third-order valence-electron chi connectivity index (χ3n) is 11.5. The number of ketones is 1. The largest absolute Gasteiger partial charge is 0.510 e. The summed E-state index contributed by atoms with van der Waals surface area (Å²) in [5.41, 5.74) is 1.48. The van der Waals surface area contributed by atoms with Crippen molar-refractivity contribution in [2.24, 2.45) is 35.5 Å². The lowest BCUT2D eigenvalue weighted by Crippen LogP contribution is -2.59. The average molecular weight is 816 g/mol. The number of methoxy groups -OCH3 is 2.